The molecule has 2 amide bonds. The maximum atomic E-state index is 14.9. The van der Waals surface area contributed by atoms with E-state index in [4.69, 9.17) is 4.74 Å². The summed E-state index contributed by atoms with van der Waals surface area (Å²) >= 11 is 0. The highest BCUT2D eigenvalue weighted by Gasteiger charge is 2.42. The van der Waals surface area contributed by atoms with Gasteiger partial charge in [-0.2, -0.15) is 0 Å². The molecule has 1 saturated heterocycles. The molecule has 1 aromatic carbocycles. The Hall–Kier alpha value is -1.77. The van der Waals surface area contributed by atoms with Gasteiger partial charge in [0.25, 0.3) is 0 Å². The van der Waals surface area contributed by atoms with Crippen molar-refractivity contribution < 1.29 is 23.4 Å². The fourth-order valence-corrected chi connectivity index (χ4v) is 6.03. The van der Waals surface area contributed by atoms with Crippen LogP contribution in [0.3, 0.4) is 0 Å². The molecular formula is C28H45F2N3O3. The van der Waals surface area contributed by atoms with E-state index in [1.807, 2.05) is 7.05 Å². The highest BCUT2D eigenvalue weighted by molar-refractivity contribution is 5.74. The van der Waals surface area contributed by atoms with E-state index in [2.05, 4.69) is 10.6 Å². The average Bonchev–Trinajstić information content (AvgIpc) is 2.88. The Morgan fingerprint density at radius 1 is 1.22 bits per heavy atom. The quantitative estimate of drug-likeness (QED) is 0.355. The van der Waals surface area contributed by atoms with Gasteiger partial charge in [-0.25, -0.2) is 13.6 Å². The molecule has 3 N–H and O–H groups in total. The van der Waals surface area contributed by atoms with E-state index < -0.39 is 17.6 Å². The Morgan fingerprint density at radius 3 is 2.67 bits per heavy atom. The summed E-state index contributed by atoms with van der Waals surface area (Å²) in [5, 5.41) is 18.3. The number of urea groups is 1. The second-order valence-corrected chi connectivity index (χ2v) is 10.7. The molecule has 2 aliphatic rings. The summed E-state index contributed by atoms with van der Waals surface area (Å²) in [6, 6.07) is 6.26. The largest absolute Gasteiger partial charge is 0.385 e. The first-order valence-corrected chi connectivity index (χ1v) is 13.7. The Kier molecular flexibility index (Phi) is 11.4. The first kappa shape index (κ1) is 28.8. The Labute approximate surface area is 215 Å². The maximum Gasteiger partial charge on any atom is 0.317 e. The van der Waals surface area contributed by atoms with Crippen LogP contribution in [0.25, 0.3) is 0 Å². The molecule has 1 saturated carbocycles. The molecule has 6 nitrogen and oxygen atoms in total. The number of ether oxygens (including phenoxy) is 1. The number of nitrogens with zero attached hydrogens (tertiary/aromatic N) is 1. The number of hydrogen-bond acceptors (Lipinski definition) is 4. The van der Waals surface area contributed by atoms with Gasteiger partial charge in [0.15, 0.2) is 0 Å². The number of carbonyl (C=O) groups excluding carboxylic acids is 1. The normalized spacial score (nSPS) is 25.2. The number of halogens is 2. The predicted octanol–water partition coefficient (Wildman–Crippen LogP) is 4.76. The molecule has 1 aliphatic carbocycles. The lowest BCUT2D eigenvalue weighted by Crippen LogP contribution is -2.54. The third-order valence-electron chi connectivity index (χ3n) is 8.05. The van der Waals surface area contributed by atoms with Gasteiger partial charge < -0.3 is 25.4 Å². The SMILES string of the molecule is CNCC(CC1CCC(F)CC1)NC(=O)N1CCCC([C@@](O)(CCCCOC)c2ccccc2F)C1. The molecule has 2 unspecified atom stereocenters. The number of piperidine rings is 1. The van der Waals surface area contributed by atoms with Crippen LogP contribution in [0, 0.1) is 17.7 Å². The van der Waals surface area contributed by atoms with Crippen molar-refractivity contribution in [3.63, 3.8) is 0 Å². The lowest BCUT2D eigenvalue weighted by atomic mass is 9.74. The number of likely N-dealkylation sites (N-methyl/N-ethyl adjacent to an activating group) is 1. The second-order valence-electron chi connectivity index (χ2n) is 10.7. The average molecular weight is 510 g/mol. The number of carbonyl (C=O) groups is 1. The van der Waals surface area contributed by atoms with Crippen LogP contribution in [-0.2, 0) is 10.3 Å². The molecule has 204 valence electrons. The molecule has 1 heterocycles. The van der Waals surface area contributed by atoms with Gasteiger partial charge >= 0.3 is 6.03 Å². The minimum absolute atomic E-state index is 0.0384. The summed E-state index contributed by atoms with van der Waals surface area (Å²) in [7, 11) is 3.51. The number of alkyl halides is 1. The second kappa shape index (κ2) is 14.2. The number of likely N-dealkylation sites (tertiary alicyclic amines) is 1. The summed E-state index contributed by atoms with van der Waals surface area (Å²) in [5.41, 5.74) is -1.04. The Balaban J connectivity index is 1.67. The highest BCUT2D eigenvalue weighted by atomic mass is 19.1. The zero-order valence-corrected chi connectivity index (χ0v) is 22.0. The number of benzene rings is 1. The van der Waals surface area contributed by atoms with Crippen LogP contribution in [0.2, 0.25) is 0 Å². The third kappa shape index (κ3) is 7.86. The number of rotatable bonds is 12. The van der Waals surface area contributed by atoms with Crippen molar-refractivity contribution in [1.29, 1.82) is 0 Å². The molecule has 2 fully saturated rings. The summed E-state index contributed by atoms with van der Waals surface area (Å²) < 4.78 is 33.6. The van der Waals surface area contributed by atoms with E-state index in [-0.39, 0.29) is 18.0 Å². The lowest BCUT2D eigenvalue weighted by molar-refractivity contribution is -0.0587. The minimum Gasteiger partial charge on any atom is -0.385 e. The van der Waals surface area contributed by atoms with Crippen LogP contribution in [0.15, 0.2) is 24.3 Å². The zero-order chi connectivity index (χ0) is 26.0. The summed E-state index contributed by atoms with van der Waals surface area (Å²) in [5.74, 6) is -0.257. The van der Waals surface area contributed by atoms with Crippen molar-refractivity contribution in [2.75, 3.05) is 40.4 Å². The van der Waals surface area contributed by atoms with Crippen LogP contribution in [-0.4, -0.2) is 68.6 Å². The van der Waals surface area contributed by atoms with Gasteiger partial charge in [0.05, 0.1) is 5.60 Å². The van der Waals surface area contributed by atoms with Crippen LogP contribution < -0.4 is 10.6 Å². The number of amides is 2. The van der Waals surface area contributed by atoms with Gasteiger partial charge in [-0.1, -0.05) is 18.2 Å². The fourth-order valence-electron chi connectivity index (χ4n) is 6.03. The topological polar surface area (TPSA) is 73.8 Å². The summed E-state index contributed by atoms with van der Waals surface area (Å²) in [6.07, 6.45) is 6.46. The van der Waals surface area contributed by atoms with Gasteiger partial charge in [0.1, 0.15) is 12.0 Å². The number of nitrogens with one attached hydrogen (secondary N) is 2. The smallest absolute Gasteiger partial charge is 0.317 e. The fraction of sp³-hybridized carbons (Fsp3) is 0.750. The molecule has 0 radical (unpaired) electrons. The molecule has 1 aromatic rings. The van der Waals surface area contributed by atoms with Crippen molar-refractivity contribution in [1.82, 2.24) is 15.5 Å². The first-order chi connectivity index (χ1) is 17.4. The van der Waals surface area contributed by atoms with E-state index in [1.54, 1.807) is 30.2 Å². The third-order valence-corrected chi connectivity index (χ3v) is 8.05. The van der Waals surface area contributed by atoms with E-state index in [9.17, 15) is 18.7 Å². The van der Waals surface area contributed by atoms with Crippen LogP contribution in [0.4, 0.5) is 13.6 Å². The van der Waals surface area contributed by atoms with E-state index in [1.165, 1.54) is 6.07 Å². The van der Waals surface area contributed by atoms with Gasteiger partial charge in [0, 0.05) is 50.9 Å². The maximum absolute atomic E-state index is 14.9. The van der Waals surface area contributed by atoms with E-state index >= 15 is 0 Å². The van der Waals surface area contributed by atoms with Crippen molar-refractivity contribution in [3.05, 3.63) is 35.6 Å². The molecule has 8 heteroatoms. The molecule has 3 rings (SSSR count). The molecule has 0 bridgehead atoms. The summed E-state index contributed by atoms with van der Waals surface area (Å²) in [6.45, 7) is 2.22. The predicted molar refractivity (Wildman–Crippen MR) is 138 cm³/mol. The monoisotopic (exact) mass is 509 g/mol. The van der Waals surface area contributed by atoms with Gasteiger partial charge in [-0.05, 0) is 83.2 Å². The van der Waals surface area contributed by atoms with Gasteiger partial charge in [-0.15, -0.1) is 0 Å². The van der Waals surface area contributed by atoms with Crippen molar-refractivity contribution in [2.24, 2.45) is 11.8 Å². The van der Waals surface area contributed by atoms with Crippen molar-refractivity contribution in [2.45, 2.75) is 82.0 Å². The van der Waals surface area contributed by atoms with E-state index in [0.717, 1.165) is 38.5 Å². The van der Waals surface area contributed by atoms with Gasteiger partial charge in [0.2, 0.25) is 0 Å². The van der Waals surface area contributed by atoms with Crippen LogP contribution >= 0.6 is 0 Å². The van der Waals surface area contributed by atoms with Crippen molar-refractivity contribution in [3.8, 4) is 0 Å². The number of hydrogen-bond donors (Lipinski definition) is 3. The Bertz CT molecular complexity index is 806. The zero-order valence-electron chi connectivity index (χ0n) is 22.0. The first-order valence-electron chi connectivity index (χ1n) is 13.7. The number of unbranched alkanes of at least 4 members (excludes halogenated alkanes) is 1. The molecular weight excluding hydrogens is 464 g/mol. The Morgan fingerprint density at radius 2 is 1.97 bits per heavy atom. The number of aliphatic hydroxyl groups is 1. The summed E-state index contributed by atoms with van der Waals surface area (Å²) in [4.78, 5) is 15.1. The lowest BCUT2D eigenvalue weighted by Gasteiger charge is -2.43. The molecule has 0 spiro atoms. The molecule has 3 atom stereocenters. The van der Waals surface area contributed by atoms with Gasteiger partial charge in [-0.3, -0.25) is 0 Å². The molecule has 0 aromatic heterocycles. The minimum atomic E-state index is -1.35. The molecule has 1 aliphatic heterocycles. The van der Waals surface area contributed by atoms with Crippen molar-refractivity contribution >= 4 is 6.03 Å². The van der Waals surface area contributed by atoms with E-state index in [0.29, 0.717) is 63.4 Å². The van der Waals surface area contributed by atoms with Crippen LogP contribution in [0.5, 0.6) is 0 Å². The number of methoxy groups -OCH3 is 1. The molecule has 36 heavy (non-hydrogen) atoms. The van der Waals surface area contributed by atoms with Crippen LogP contribution in [0.1, 0.15) is 69.8 Å². The highest BCUT2D eigenvalue weighted by Crippen LogP contribution is 2.41. The standard InChI is InChI=1S/C28H45F2N3O3/c1-31-19-24(18-21-11-13-23(29)14-12-21)32-27(34)33-16-7-8-22(20-33)28(35,15-5-6-17-36-2)25-9-3-4-10-26(25)30/h3-4,9-10,21-24,31,35H,5-8,11-20H2,1-2H3,(H,32,34)/t21?,22?,23?,24?,28-/m0/s1.